The predicted molar refractivity (Wildman–Crippen MR) is 112 cm³/mol. The Labute approximate surface area is 169 Å². The molecule has 0 spiro atoms. The molecule has 0 aliphatic carbocycles. The van der Waals surface area contributed by atoms with Gasteiger partial charge in [0.2, 0.25) is 0 Å². The van der Waals surface area contributed by atoms with Gasteiger partial charge in [-0.2, -0.15) is 5.10 Å². The van der Waals surface area contributed by atoms with Crippen LogP contribution in [-0.4, -0.2) is 40.3 Å². The number of halogens is 2. The number of pyridine rings is 1. The lowest BCUT2D eigenvalue weighted by Crippen LogP contribution is -2.31. The van der Waals surface area contributed by atoms with Crippen LogP contribution in [0.2, 0.25) is 0 Å². The lowest BCUT2D eigenvalue weighted by Gasteiger charge is -2.09. The molecule has 3 aromatic heterocycles. The predicted octanol–water partition coefficient (Wildman–Crippen LogP) is 3.19. The number of carbonyl (C=O) groups is 1. The SMILES string of the molecule is CCNCCNC(=O)c1cc(-c2cccs2)nc2c1c(C)nn2C.Cl.Cl. The fourth-order valence-electron chi connectivity index (χ4n) is 2.71. The van der Waals surface area contributed by atoms with Crippen LogP contribution in [0.4, 0.5) is 0 Å². The average molecular weight is 416 g/mol. The quantitative estimate of drug-likeness (QED) is 0.606. The summed E-state index contributed by atoms with van der Waals surface area (Å²) in [6.07, 6.45) is 0. The minimum Gasteiger partial charge on any atom is -0.351 e. The first kappa shape index (κ1) is 22.4. The summed E-state index contributed by atoms with van der Waals surface area (Å²) >= 11 is 1.61. The van der Waals surface area contributed by atoms with Crippen molar-refractivity contribution in [1.82, 2.24) is 25.4 Å². The highest BCUT2D eigenvalue weighted by Crippen LogP contribution is 2.29. The maximum atomic E-state index is 12.7. The zero-order valence-electron chi connectivity index (χ0n) is 14.9. The van der Waals surface area contributed by atoms with E-state index in [0.717, 1.165) is 40.4 Å². The van der Waals surface area contributed by atoms with Crippen LogP contribution in [0.3, 0.4) is 0 Å². The Morgan fingerprint density at radius 2 is 2.08 bits per heavy atom. The van der Waals surface area contributed by atoms with Crippen LogP contribution in [0.5, 0.6) is 0 Å². The topological polar surface area (TPSA) is 71.8 Å². The monoisotopic (exact) mass is 415 g/mol. The molecular formula is C17H23Cl2N5OS. The molecule has 0 bridgehead atoms. The van der Waals surface area contributed by atoms with E-state index in [9.17, 15) is 4.79 Å². The number of hydrogen-bond acceptors (Lipinski definition) is 5. The van der Waals surface area contributed by atoms with E-state index in [1.165, 1.54) is 0 Å². The summed E-state index contributed by atoms with van der Waals surface area (Å²) in [6, 6.07) is 5.86. The number of hydrogen-bond donors (Lipinski definition) is 2. The van der Waals surface area contributed by atoms with Gasteiger partial charge in [0, 0.05) is 20.1 Å². The molecule has 0 radical (unpaired) electrons. The van der Waals surface area contributed by atoms with Gasteiger partial charge in [-0.3, -0.25) is 9.48 Å². The molecule has 0 aliphatic rings. The minimum absolute atomic E-state index is 0. The van der Waals surface area contributed by atoms with Gasteiger partial charge in [0.1, 0.15) is 0 Å². The van der Waals surface area contributed by atoms with Gasteiger partial charge >= 0.3 is 0 Å². The summed E-state index contributed by atoms with van der Waals surface area (Å²) in [4.78, 5) is 18.5. The number of nitrogens with one attached hydrogen (secondary N) is 2. The number of fused-ring (bicyclic) bond motifs is 1. The van der Waals surface area contributed by atoms with E-state index >= 15 is 0 Å². The molecule has 0 aliphatic heterocycles. The molecule has 0 fully saturated rings. The van der Waals surface area contributed by atoms with Gasteiger partial charge in [0.15, 0.2) is 5.65 Å². The molecule has 0 unspecified atom stereocenters. The summed E-state index contributed by atoms with van der Waals surface area (Å²) < 4.78 is 1.73. The van der Waals surface area contributed by atoms with E-state index in [1.54, 1.807) is 16.0 Å². The van der Waals surface area contributed by atoms with E-state index in [-0.39, 0.29) is 30.7 Å². The number of rotatable bonds is 6. The summed E-state index contributed by atoms with van der Waals surface area (Å²) in [6.45, 7) is 6.18. The summed E-state index contributed by atoms with van der Waals surface area (Å²) in [5.41, 5.74) is 2.98. The fraction of sp³-hybridized carbons (Fsp3) is 0.353. The maximum Gasteiger partial charge on any atom is 0.252 e. The van der Waals surface area contributed by atoms with Crippen LogP contribution in [0.25, 0.3) is 21.6 Å². The third-order valence-electron chi connectivity index (χ3n) is 3.82. The van der Waals surface area contributed by atoms with Crippen LogP contribution < -0.4 is 10.6 Å². The molecule has 0 saturated heterocycles. The molecule has 3 heterocycles. The highest BCUT2D eigenvalue weighted by Gasteiger charge is 2.19. The van der Waals surface area contributed by atoms with Gasteiger partial charge in [-0.05, 0) is 31.0 Å². The Balaban J connectivity index is 0.00000169. The molecule has 0 saturated carbocycles. The zero-order chi connectivity index (χ0) is 17.1. The van der Waals surface area contributed by atoms with Crippen molar-refractivity contribution in [2.45, 2.75) is 13.8 Å². The van der Waals surface area contributed by atoms with Gasteiger partial charge in [-0.15, -0.1) is 36.2 Å². The second-order valence-corrected chi connectivity index (χ2v) is 6.50. The van der Waals surface area contributed by atoms with E-state index < -0.39 is 0 Å². The molecule has 0 atom stereocenters. The Kier molecular flexibility index (Phi) is 8.49. The largest absolute Gasteiger partial charge is 0.351 e. The second-order valence-electron chi connectivity index (χ2n) is 5.55. The second kappa shape index (κ2) is 9.87. The lowest BCUT2D eigenvalue weighted by molar-refractivity contribution is 0.0955. The molecular weight excluding hydrogens is 393 g/mol. The van der Waals surface area contributed by atoms with Gasteiger partial charge in [-0.25, -0.2) is 4.98 Å². The Hall–Kier alpha value is -1.67. The fourth-order valence-corrected chi connectivity index (χ4v) is 3.40. The van der Waals surface area contributed by atoms with E-state index in [4.69, 9.17) is 4.98 Å². The first-order valence-electron chi connectivity index (χ1n) is 7.99. The van der Waals surface area contributed by atoms with Crippen LogP contribution in [0.15, 0.2) is 23.6 Å². The molecule has 2 N–H and O–H groups in total. The molecule has 3 rings (SSSR count). The van der Waals surface area contributed by atoms with Gasteiger partial charge < -0.3 is 10.6 Å². The van der Waals surface area contributed by atoms with Gasteiger partial charge in [-0.1, -0.05) is 13.0 Å². The van der Waals surface area contributed by atoms with Crippen LogP contribution in [0.1, 0.15) is 23.0 Å². The maximum absolute atomic E-state index is 12.7. The zero-order valence-corrected chi connectivity index (χ0v) is 17.4. The first-order chi connectivity index (χ1) is 11.6. The van der Waals surface area contributed by atoms with Crippen molar-refractivity contribution in [3.8, 4) is 10.6 Å². The Morgan fingerprint density at radius 1 is 1.31 bits per heavy atom. The lowest BCUT2D eigenvalue weighted by atomic mass is 10.1. The Morgan fingerprint density at radius 3 is 2.73 bits per heavy atom. The standard InChI is InChI=1S/C17H21N5OS.2ClH/c1-4-18-7-8-19-17(23)12-10-13(14-6-5-9-24-14)20-16-15(12)11(2)21-22(16)3;;/h5-6,9-10,18H,4,7-8H2,1-3H3,(H,19,23);2*1H. The van der Waals surface area contributed by atoms with E-state index in [1.807, 2.05) is 44.5 Å². The van der Waals surface area contributed by atoms with Crippen molar-refractivity contribution in [2.24, 2.45) is 7.05 Å². The van der Waals surface area contributed by atoms with E-state index in [0.29, 0.717) is 12.1 Å². The highest BCUT2D eigenvalue weighted by atomic mass is 35.5. The summed E-state index contributed by atoms with van der Waals surface area (Å²) in [7, 11) is 1.85. The summed E-state index contributed by atoms with van der Waals surface area (Å²) in [5.74, 6) is -0.0887. The van der Waals surface area contributed by atoms with Crippen LogP contribution >= 0.6 is 36.2 Å². The molecule has 142 valence electrons. The highest BCUT2D eigenvalue weighted by molar-refractivity contribution is 7.13. The normalized spacial score (nSPS) is 10.3. The molecule has 9 heteroatoms. The number of aromatic nitrogens is 3. The van der Waals surface area contributed by atoms with Crippen molar-refractivity contribution in [1.29, 1.82) is 0 Å². The van der Waals surface area contributed by atoms with Crippen molar-refractivity contribution in [2.75, 3.05) is 19.6 Å². The molecule has 26 heavy (non-hydrogen) atoms. The Bertz CT molecular complexity index is 864. The smallest absolute Gasteiger partial charge is 0.252 e. The number of nitrogens with zero attached hydrogens (tertiary/aromatic N) is 3. The molecule has 3 aromatic rings. The third kappa shape index (κ3) is 4.54. The first-order valence-corrected chi connectivity index (χ1v) is 8.87. The molecule has 6 nitrogen and oxygen atoms in total. The number of carbonyl (C=O) groups excluding carboxylic acids is 1. The molecule has 0 aromatic carbocycles. The van der Waals surface area contributed by atoms with Gasteiger partial charge in [0.05, 0.1) is 27.2 Å². The minimum atomic E-state index is -0.0887. The van der Waals surface area contributed by atoms with Crippen molar-refractivity contribution >= 4 is 53.1 Å². The third-order valence-corrected chi connectivity index (χ3v) is 4.72. The van der Waals surface area contributed by atoms with Crippen molar-refractivity contribution < 1.29 is 4.79 Å². The molecule has 1 amide bonds. The average Bonchev–Trinajstić information content (AvgIpc) is 3.20. The number of likely N-dealkylation sites (N-methyl/N-ethyl adjacent to an activating group) is 1. The van der Waals surface area contributed by atoms with Crippen molar-refractivity contribution in [3.05, 3.63) is 34.8 Å². The van der Waals surface area contributed by atoms with Crippen LogP contribution in [0, 0.1) is 6.92 Å². The van der Waals surface area contributed by atoms with Crippen LogP contribution in [-0.2, 0) is 7.05 Å². The summed E-state index contributed by atoms with van der Waals surface area (Å²) in [5, 5.41) is 13.4. The van der Waals surface area contributed by atoms with E-state index in [2.05, 4.69) is 15.7 Å². The number of aryl methyl sites for hydroxylation is 2. The number of thiophene rings is 1. The van der Waals surface area contributed by atoms with Gasteiger partial charge in [0.25, 0.3) is 5.91 Å². The van der Waals surface area contributed by atoms with Crippen molar-refractivity contribution in [3.63, 3.8) is 0 Å². The number of amides is 1.